The lowest BCUT2D eigenvalue weighted by molar-refractivity contribution is -0.386. The summed E-state index contributed by atoms with van der Waals surface area (Å²) < 4.78 is 5.12. The van der Waals surface area contributed by atoms with Crippen LogP contribution in [-0.4, -0.2) is 61.4 Å². The molecule has 53 heavy (non-hydrogen) atoms. The Hall–Kier alpha value is -7.74. The number of nitro groups is 2. The van der Waals surface area contributed by atoms with Crippen molar-refractivity contribution in [3.63, 3.8) is 0 Å². The molecule has 17 heteroatoms. The molecule has 0 fully saturated rings. The summed E-state index contributed by atoms with van der Waals surface area (Å²) in [7, 11) is 0. The number of para-hydroxylation sites is 2. The molecule has 0 bridgehead atoms. The molecule has 6 rings (SSSR count). The van der Waals surface area contributed by atoms with Crippen molar-refractivity contribution in [2.24, 2.45) is 0 Å². The van der Waals surface area contributed by atoms with Gasteiger partial charge in [-0.25, -0.2) is 9.80 Å². The number of imide groups is 4. The number of hydrogen-bond acceptors (Lipinski definition) is 13. The van der Waals surface area contributed by atoms with Crippen molar-refractivity contribution in [1.82, 2.24) is 9.80 Å². The van der Waals surface area contributed by atoms with Gasteiger partial charge in [0.05, 0.1) is 49.3 Å². The van der Waals surface area contributed by atoms with E-state index >= 15 is 0 Å². The maximum atomic E-state index is 12.6. The molecule has 2 aliphatic heterocycles. The average Bonchev–Trinajstić information content (AvgIpc) is 3.55. The summed E-state index contributed by atoms with van der Waals surface area (Å²) >= 11 is 0. The molecule has 0 saturated carbocycles. The number of fused-ring (bicyclic) bond motifs is 2. The van der Waals surface area contributed by atoms with Gasteiger partial charge in [0, 0.05) is 32.9 Å². The number of benzene rings is 4. The molecule has 1 unspecified atom stereocenters. The third-order valence-electron chi connectivity index (χ3n) is 7.11. The number of carbonyl (C=O) groups excluding carboxylic acids is 7. The number of nitriles is 1. The molecule has 2 aliphatic rings. The molecular weight excluding hydrogens is 694 g/mol. The Balaban J connectivity index is 0.000000227. The molecular formula is C36H27N5O12. The molecule has 0 saturated heterocycles. The van der Waals surface area contributed by atoms with Gasteiger partial charge < -0.3 is 4.74 Å². The lowest BCUT2D eigenvalue weighted by Crippen LogP contribution is -2.36. The van der Waals surface area contributed by atoms with Crippen LogP contribution in [0.4, 0.5) is 11.4 Å². The third-order valence-corrected chi connectivity index (χ3v) is 7.11. The predicted octanol–water partition coefficient (Wildman–Crippen LogP) is 5.22. The fourth-order valence-corrected chi connectivity index (χ4v) is 4.92. The molecule has 17 nitrogen and oxygen atoms in total. The molecule has 2 heterocycles. The minimum absolute atomic E-state index is 0.0581. The average molecular weight is 722 g/mol. The zero-order valence-corrected chi connectivity index (χ0v) is 28.0. The van der Waals surface area contributed by atoms with Crippen molar-refractivity contribution in [3.8, 4) is 6.07 Å². The van der Waals surface area contributed by atoms with Crippen molar-refractivity contribution < 1.29 is 48.1 Å². The topological polar surface area (TPSA) is 245 Å². The number of nitro benzene ring substituents is 2. The second-order valence-electron chi connectivity index (χ2n) is 10.5. The maximum Gasteiger partial charge on any atom is 0.304 e. The Labute approximate surface area is 299 Å². The normalized spacial score (nSPS) is 12.6. The zero-order chi connectivity index (χ0) is 39.4. The number of rotatable bonds is 6. The van der Waals surface area contributed by atoms with Crippen LogP contribution in [0.5, 0.6) is 0 Å². The van der Waals surface area contributed by atoms with Gasteiger partial charge in [-0.2, -0.15) is 5.26 Å². The molecule has 5 amide bonds. The molecule has 0 spiro atoms. The first kappa shape index (κ1) is 39.7. The van der Waals surface area contributed by atoms with E-state index in [0.717, 1.165) is 11.8 Å². The van der Waals surface area contributed by atoms with E-state index in [1.807, 2.05) is 0 Å². The standard InChI is InChI=1S/C17H12N2O6.C10H7NO3.C7H5NO3.C2H3N/c1-10(20)25-17(13-8-4-5-9-14(13)19(23)24)18-15(21)11-6-2-3-7-12(11)16(18)22;1-6(12)11-9(13)7-4-2-3-5-8(7)10(11)14;9-5-6-3-1-2-4-7(6)8(10)11;1-2-3/h2-9,17H,1H3;2-5H,1H3;1-5H;1H3. The lowest BCUT2D eigenvalue weighted by Gasteiger charge is -2.25. The van der Waals surface area contributed by atoms with Gasteiger partial charge in [-0.05, 0) is 36.4 Å². The molecule has 0 aromatic heterocycles. The first-order valence-corrected chi connectivity index (χ1v) is 15.1. The van der Waals surface area contributed by atoms with Gasteiger partial charge >= 0.3 is 5.97 Å². The lowest BCUT2D eigenvalue weighted by atomic mass is 10.1. The number of aldehydes is 1. The van der Waals surface area contributed by atoms with E-state index in [2.05, 4.69) is 0 Å². The van der Waals surface area contributed by atoms with Gasteiger partial charge in [-0.1, -0.05) is 48.5 Å². The highest BCUT2D eigenvalue weighted by molar-refractivity contribution is 6.28. The van der Waals surface area contributed by atoms with Crippen LogP contribution in [0.15, 0.2) is 97.1 Å². The molecule has 0 N–H and O–H groups in total. The smallest absolute Gasteiger partial charge is 0.304 e. The van der Waals surface area contributed by atoms with Crippen molar-refractivity contribution in [1.29, 1.82) is 5.26 Å². The van der Waals surface area contributed by atoms with Crippen LogP contribution in [0.25, 0.3) is 0 Å². The van der Waals surface area contributed by atoms with Crippen LogP contribution in [0, 0.1) is 31.6 Å². The van der Waals surface area contributed by atoms with Crippen LogP contribution < -0.4 is 0 Å². The molecule has 0 aliphatic carbocycles. The zero-order valence-electron chi connectivity index (χ0n) is 28.0. The Morgan fingerprint density at radius 1 is 0.698 bits per heavy atom. The van der Waals surface area contributed by atoms with E-state index in [1.54, 1.807) is 48.5 Å². The summed E-state index contributed by atoms with van der Waals surface area (Å²) in [5, 5.41) is 28.8. The molecule has 268 valence electrons. The Morgan fingerprint density at radius 3 is 1.45 bits per heavy atom. The number of ether oxygens (including phenoxy) is 1. The number of hydrogen-bond donors (Lipinski definition) is 0. The number of esters is 1. The molecule has 1 atom stereocenters. The molecule has 4 aromatic rings. The van der Waals surface area contributed by atoms with Gasteiger partial charge in [0.1, 0.15) is 0 Å². The fraction of sp³-hybridized carbons (Fsp3) is 0.111. The first-order valence-electron chi connectivity index (χ1n) is 15.1. The highest BCUT2D eigenvalue weighted by Crippen LogP contribution is 2.36. The summed E-state index contributed by atoms with van der Waals surface area (Å²) in [4.78, 5) is 103. The highest BCUT2D eigenvalue weighted by Gasteiger charge is 2.44. The summed E-state index contributed by atoms with van der Waals surface area (Å²) in [6.45, 7) is 3.72. The van der Waals surface area contributed by atoms with Crippen LogP contribution in [0.1, 0.15) is 84.4 Å². The number of amides is 5. The van der Waals surface area contributed by atoms with E-state index in [0.29, 0.717) is 22.3 Å². The van der Waals surface area contributed by atoms with E-state index in [1.165, 1.54) is 68.4 Å². The van der Waals surface area contributed by atoms with Crippen LogP contribution in [0.3, 0.4) is 0 Å². The van der Waals surface area contributed by atoms with Crippen molar-refractivity contribution in [3.05, 3.63) is 151 Å². The molecule has 4 aromatic carbocycles. The van der Waals surface area contributed by atoms with Crippen molar-refractivity contribution in [2.75, 3.05) is 0 Å². The minimum atomic E-state index is -1.52. The fourth-order valence-electron chi connectivity index (χ4n) is 4.92. The Kier molecular flexibility index (Phi) is 13.3. The van der Waals surface area contributed by atoms with Crippen molar-refractivity contribution >= 4 is 53.2 Å². The van der Waals surface area contributed by atoms with Crippen molar-refractivity contribution in [2.45, 2.75) is 27.0 Å². The van der Waals surface area contributed by atoms with Gasteiger partial charge in [0.25, 0.3) is 35.0 Å². The largest absolute Gasteiger partial charge is 0.436 e. The third kappa shape index (κ3) is 8.90. The second kappa shape index (κ2) is 17.8. The van der Waals surface area contributed by atoms with Gasteiger partial charge in [0.2, 0.25) is 12.1 Å². The van der Waals surface area contributed by atoms with E-state index in [9.17, 15) is 53.8 Å². The second-order valence-corrected chi connectivity index (χ2v) is 10.5. The summed E-state index contributed by atoms with van der Waals surface area (Å²) in [5.74, 6) is -3.73. The van der Waals surface area contributed by atoms with E-state index in [4.69, 9.17) is 10.00 Å². The first-order chi connectivity index (χ1) is 25.2. The Bertz CT molecular complexity index is 2120. The van der Waals surface area contributed by atoms with Gasteiger partial charge in [-0.15, -0.1) is 0 Å². The van der Waals surface area contributed by atoms with Gasteiger partial charge in [0.15, 0.2) is 6.29 Å². The Morgan fingerprint density at radius 2 is 1.08 bits per heavy atom. The number of nitrogens with zero attached hydrogens (tertiary/aromatic N) is 5. The van der Waals surface area contributed by atoms with E-state index < -0.39 is 51.6 Å². The van der Waals surface area contributed by atoms with Gasteiger partial charge in [-0.3, -0.25) is 53.8 Å². The highest BCUT2D eigenvalue weighted by atomic mass is 16.6. The predicted molar refractivity (Wildman–Crippen MR) is 182 cm³/mol. The quantitative estimate of drug-likeness (QED) is 0.0816. The monoisotopic (exact) mass is 721 g/mol. The summed E-state index contributed by atoms with van der Waals surface area (Å²) in [6.07, 6.45) is -1.05. The van der Waals surface area contributed by atoms with Crippen LogP contribution in [-0.2, 0) is 14.3 Å². The van der Waals surface area contributed by atoms with E-state index in [-0.39, 0.29) is 33.6 Å². The van der Waals surface area contributed by atoms with Crippen LogP contribution >= 0.6 is 0 Å². The maximum absolute atomic E-state index is 12.6. The summed E-state index contributed by atoms with van der Waals surface area (Å²) in [6, 6.07) is 25.6. The SMILES string of the molecule is CC#N.CC(=O)N1C(=O)c2ccccc2C1=O.CC(=O)OC(c1ccccc1[N+](=O)[O-])N1C(=O)c2ccccc2C1=O.O=Cc1ccccc1[N+](=O)[O-]. The minimum Gasteiger partial charge on any atom is -0.436 e. The summed E-state index contributed by atoms with van der Waals surface area (Å²) in [5.41, 5.74) is 0.453. The van der Waals surface area contributed by atoms with Crippen LogP contribution in [0.2, 0.25) is 0 Å². The number of carbonyl (C=O) groups is 7. The molecule has 0 radical (unpaired) electrons.